The summed E-state index contributed by atoms with van der Waals surface area (Å²) in [6.07, 6.45) is 5.93. The quantitative estimate of drug-likeness (QED) is 0.637. The van der Waals surface area contributed by atoms with Gasteiger partial charge in [0, 0.05) is 29.4 Å². The van der Waals surface area contributed by atoms with Crippen LogP contribution in [0.3, 0.4) is 0 Å². The van der Waals surface area contributed by atoms with Gasteiger partial charge in [-0.2, -0.15) is 0 Å². The Morgan fingerprint density at radius 2 is 1.97 bits per heavy atom. The van der Waals surface area contributed by atoms with Crippen molar-refractivity contribution in [2.24, 2.45) is 0 Å². The molecule has 0 bridgehead atoms. The highest BCUT2D eigenvalue weighted by Crippen LogP contribution is 2.37. The van der Waals surface area contributed by atoms with Crippen molar-refractivity contribution in [3.05, 3.63) is 64.4 Å². The van der Waals surface area contributed by atoms with E-state index < -0.39 is 0 Å². The fourth-order valence-electron chi connectivity index (χ4n) is 3.75. The summed E-state index contributed by atoms with van der Waals surface area (Å²) in [4.78, 5) is 35.1. The smallest absolute Gasteiger partial charge is 0.257 e. The number of fused-ring (bicyclic) bond motifs is 2. The lowest BCUT2D eigenvalue weighted by Crippen LogP contribution is -2.31. The molecule has 1 aliphatic heterocycles. The van der Waals surface area contributed by atoms with E-state index >= 15 is 0 Å². The molecule has 2 N–H and O–H groups in total. The van der Waals surface area contributed by atoms with Crippen molar-refractivity contribution in [1.29, 1.82) is 0 Å². The van der Waals surface area contributed by atoms with Crippen LogP contribution in [0.15, 0.2) is 42.7 Å². The first kappa shape index (κ1) is 19.5. The second-order valence-corrected chi connectivity index (χ2v) is 8.45. The molecule has 3 aromatic rings. The lowest BCUT2D eigenvalue weighted by molar-refractivity contribution is -0.123. The molecule has 0 saturated heterocycles. The van der Waals surface area contributed by atoms with E-state index in [9.17, 15) is 9.59 Å². The predicted molar refractivity (Wildman–Crippen MR) is 114 cm³/mol. The van der Waals surface area contributed by atoms with Crippen LogP contribution in [0.2, 0.25) is 0 Å². The van der Waals surface area contributed by atoms with Gasteiger partial charge in [-0.25, -0.2) is 4.98 Å². The molecule has 1 aromatic carbocycles. The molecule has 158 valence electrons. The van der Waals surface area contributed by atoms with Gasteiger partial charge in [-0.1, -0.05) is 0 Å². The van der Waals surface area contributed by atoms with E-state index in [-0.39, 0.29) is 24.5 Å². The standard InChI is InChI=1S/C22H20N4O4S/c27-20(14-4-5-16-17(10-14)30-12-29-16)26-22-25-19-15(2-1-3-18(19)31-22)21(28)24-11-13-6-8-23-9-7-13/h4-10,15H,1-3,11-12H2,(H,24,28)(H,25,26,27). The summed E-state index contributed by atoms with van der Waals surface area (Å²) in [5.74, 6) is 0.553. The van der Waals surface area contributed by atoms with Gasteiger partial charge in [0.25, 0.3) is 5.91 Å². The number of rotatable bonds is 5. The number of nitrogens with zero attached hydrogens (tertiary/aromatic N) is 2. The number of hydrogen-bond acceptors (Lipinski definition) is 7. The molecule has 2 amide bonds. The van der Waals surface area contributed by atoms with Crippen molar-refractivity contribution >= 4 is 28.3 Å². The molecule has 5 rings (SSSR count). The van der Waals surface area contributed by atoms with Crippen LogP contribution < -0.4 is 20.1 Å². The molecule has 0 fully saturated rings. The first-order valence-corrected chi connectivity index (χ1v) is 10.9. The minimum atomic E-state index is -0.307. The summed E-state index contributed by atoms with van der Waals surface area (Å²) < 4.78 is 10.6. The minimum Gasteiger partial charge on any atom is -0.454 e. The number of aromatic nitrogens is 2. The highest BCUT2D eigenvalue weighted by atomic mass is 32.1. The minimum absolute atomic E-state index is 0.0447. The Hall–Kier alpha value is -3.46. The maximum Gasteiger partial charge on any atom is 0.257 e. The number of anilines is 1. The monoisotopic (exact) mass is 436 g/mol. The maximum absolute atomic E-state index is 12.8. The van der Waals surface area contributed by atoms with Gasteiger partial charge in [0.2, 0.25) is 12.7 Å². The molecule has 0 saturated carbocycles. The lowest BCUT2D eigenvalue weighted by Gasteiger charge is -2.20. The number of pyridine rings is 1. The number of hydrogen-bond donors (Lipinski definition) is 2. The van der Waals surface area contributed by atoms with Crippen molar-refractivity contribution < 1.29 is 19.1 Å². The van der Waals surface area contributed by atoms with E-state index in [4.69, 9.17) is 9.47 Å². The zero-order valence-electron chi connectivity index (χ0n) is 16.6. The van der Waals surface area contributed by atoms with E-state index in [1.807, 2.05) is 12.1 Å². The Bertz CT molecular complexity index is 1130. The van der Waals surface area contributed by atoms with E-state index in [1.54, 1.807) is 30.6 Å². The molecule has 2 aromatic heterocycles. The van der Waals surface area contributed by atoms with Gasteiger partial charge in [0.15, 0.2) is 16.6 Å². The number of amides is 2. The van der Waals surface area contributed by atoms with Crippen molar-refractivity contribution in [2.75, 3.05) is 12.1 Å². The summed E-state index contributed by atoms with van der Waals surface area (Å²) in [5.41, 5.74) is 2.22. The third-order valence-corrected chi connectivity index (χ3v) is 6.39. The molecular weight excluding hydrogens is 416 g/mol. The molecule has 1 unspecified atom stereocenters. The molecule has 31 heavy (non-hydrogen) atoms. The van der Waals surface area contributed by atoms with Gasteiger partial charge < -0.3 is 14.8 Å². The Kier molecular flexibility index (Phi) is 5.25. The Labute approximate surface area is 182 Å². The molecular formula is C22H20N4O4S. The first-order chi connectivity index (χ1) is 15.2. The van der Waals surface area contributed by atoms with Crippen LogP contribution >= 0.6 is 11.3 Å². The maximum atomic E-state index is 12.8. The van der Waals surface area contributed by atoms with E-state index in [0.29, 0.717) is 28.7 Å². The zero-order chi connectivity index (χ0) is 21.2. The summed E-state index contributed by atoms with van der Waals surface area (Å²) in [7, 11) is 0. The van der Waals surface area contributed by atoms with Gasteiger partial charge >= 0.3 is 0 Å². The predicted octanol–water partition coefficient (Wildman–Crippen LogP) is 3.26. The SMILES string of the molecule is O=C(Nc1nc2c(s1)CCCC2C(=O)NCc1ccncc1)c1ccc2c(c1)OCO2. The first-order valence-electron chi connectivity index (χ1n) is 10.0. The molecule has 1 aliphatic carbocycles. The Morgan fingerprint density at radius 3 is 2.84 bits per heavy atom. The largest absolute Gasteiger partial charge is 0.454 e. The van der Waals surface area contributed by atoms with Crippen molar-refractivity contribution in [3.8, 4) is 11.5 Å². The number of benzene rings is 1. The summed E-state index contributed by atoms with van der Waals surface area (Å²) in [5, 5.41) is 6.35. The number of ether oxygens (including phenoxy) is 2. The zero-order valence-corrected chi connectivity index (χ0v) is 17.4. The number of thiazole rings is 1. The van der Waals surface area contributed by atoms with E-state index in [2.05, 4.69) is 20.6 Å². The fourth-order valence-corrected chi connectivity index (χ4v) is 4.81. The van der Waals surface area contributed by atoms with E-state index in [0.717, 1.165) is 35.4 Å². The van der Waals surface area contributed by atoms with Crippen molar-refractivity contribution in [2.45, 2.75) is 31.7 Å². The number of aryl methyl sites for hydroxylation is 1. The normalized spacial score (nSPS) is 16.5. The van der Waals surface area contributed by atoms with Gasteiger partial charge in [-0.3, -0.25) is 19.9 Å². The highest BCUT2D eigenvalue weighted by Gasteiger charge is 2.30. The molecule has 9 heteroatoms. The van der Waals surface area contributed by atoms with Gasteiger partial charge in [-0.05, 0) is 55.2 Å². The van der Waals surface area contributed by atoms with Crippen LogP contribution in [-0.4, -0.2) is 28.6 Å². The molecule has 1 atom stereocenters. The van der Waals surface area contributed by atoms with Crippen molar-refractivity contribution in [3.63, 3.8) is 0 Å². The van der Waals surface area contributed by atoms with Crippen LogP contribution in [-0.2, 0) is 17.8 Å². The van der Waals surface area contributed by atoms with Gasteiger partial charge in [-0.15, -0.1) is 11.3 Å². The van der Waals surface area contributed by atoms with Crippen LogP contribution in [0.5, 0.6) is 11.5 Å². The fraction of sp³-hybridized carbons (Fsp3) is 0.273. The van der Waals surface area contributed by atoms with Crippen LogP contribution in [0.4, 0.5) is 5.13 Å². The van der Waals surface area contributed by atoms with Crippen LogP contribution in [0.1, 0.15) is 45.3 Å². The average molecular weight is 436 g/mol. The number of carbonyl (C=O) groups excluding carboxylic acids is 2. The molecule has 3 heterocycles. The van der Waals surface area contributed by atoms with Crippen LogP contribution in [0.25, 0.3) is 0 Å². The Balaban J connectivity index is 1.28. The molecule has 2 aliphatic rings. The summed E-state index contributed by atoms with van der Waals surface area (Å²) in [6, 6.07) is 8.80. The summed E-state index contributed by atoms with van der Waals surface area (Å²) in [6.45, 7) is 0.606. The third-order valence-electron chi connectivity index (χ3n) is 5.34. The molecule has 0 spiro atoms. The number of nitrogens with one attached hydrogen (secondary N) is 2. The lowest BCUT2D eigenvalue weighted by atomic mass is 9.90. The van der Waals surface area contributed by atoms with Crippen molar-refractivity contribution in [1.82, 2.24) is 15.3 Å². The average Bonchev–Trinajstić information content (AvgIpc) is 3.43. The second kappa shape index (κ2) is 8.35. The third kappa shape index (κ3) is 4.09. The number of carbonyl (C=O) groups is 2. The summed E-state index contributed by atoms with van der Waals surface area (Å²) >= 11 is 1.43. The second-order valence-electron chi connectivity index (χ2n) is 7.37. The molecule has 0 radical (unpaired) electrons. The molecule has 8 nitrogen and oxygen atoms in total. The Morgan fingerprint density at radius 1 is 1.13 bits per heavy atom. The van der Waals surface area contributed by atoms with Gasteiger partial charge in [0.05, 0.1) is 11.6 Å². The van der Waals surface area contributed by atoms with Gasteiger partial charge in [0.1, 0.15) is 0 Å². The topological polar surface area (TPSA) is 102 Å². The van der Waals surface area contributed by atoms with Crippen LogP contribution in [0, 0.1) is 0 Å². The van der Waals surface area contributed by atoms with E-state index in [1.165, 1.54) is 11.3 Å². The highest BCUT2D eigenvalue weighted by molar-refractivity contribution is 7.16.